The number of anilines is 1. The van der Waals surface area contributed by atoms with Crippen molar-refractivity contribution in [3.8, 4) is 0 Å². The molecule has 4 bridgehead atoms. The van der Waals surface area contributed by atoms with Gasteiger partial charge in [0.15, 0.2) is 5.72 Å². The second kappa shape index (κ2) is 4.99. The van der Waals surface area contributed by atoms with Gasteiger partial charge >= 0.3 is 5.97 Å². The Morgan fingerprint density at radius 2 is 2.21 bits per heavy atom. The number of benzene rings is 1. The molecule has 1 aromatic rings. The van der Waals surface area contributed by atoms with Crippen LogP contribution in [0.2, 0.25) is 0 Å². The van der Waals surface area contributed by atoms with E-state index in [1.165, 1.54) is 12.7 Å². The van der Waals surface area contributed by atoms with Crippen molar-refractivity contribution in [3.63, 3.8) is 0 Å². The highest BCUT2D eigenvalue weighted by Gasteiger charge is 2.88. The van der Waals surface area contributed by atoms with Crippen molar-refractivity contribution < 1.29 is 19.4 Å². The van der Waals surface area contributed by atoms with Crippen molar-refractivity contribution >= 4 is 11.7 Å². The van der Waals surface area contributed by atoms with E-state index in [-0.39, 0.29) is 30.8 Å². The van der Waals surface area contributed by atoms with Crippen LogP contribution in [0.3, 0.4) is 0 Å². The molecule has 0 amide bonds. The fourth-order valence-electron chi connectivity index (χ4n) is 7.79. The van der Waals surface area contributed by atoms with Crippen LogP contribution in [0.4, 0.5) is 5.69 Å². The molecule has 6 nitrogen and oxygen atoms in total. The Kier molecular flexibility index (Phi) is 3.03. The van der Waals surface area contributed by atoms with Crippen molar-refractivity contribution in [1.29, 1.82) is 0 Å². The summed E-state index contributed by atoms with van der Waals surface area (Å²) in [6.07, 6.45) is 3.58. The van der Waals surface area contributed by atoms with Gasteiger partial charge in [0.05, 0.1) is 25.2 Å². The standard InChI is InChI=1S/C22H26N2O4/c1-4-13-11-24-17-9-15(13)20(12-25,19(26)27-3)21-10-18(24)28-22(17,21)23(2)16-8-6-5-7-14(16)21/h4-8,15,17-18,25H,9-12H2,1-3H3. The summed E-state index contributed by atoms with van der Waals surface area (Å²) in [5.74, 6) is -0.363. The maximum atomic E-state index is 13.6. The van der Waals surface area contributed by atoms with Crippen LogP contribution in [-0.4, -0.2) is 61.3 Å². The fourth-order valence-corrected chi connectivity index (χ4v) is 7.79. The van der Waals surface area contributed by atoms with Crippen LogP contribution in [0.1, 0.15) is 25.3 Å². The average Bonchev–Trinajstić information content (AvgIpc) is 3.33. The predicted molar refractivity (Wildman–Crippen MR) is 103 cm³/mol. The first-order chi connectivity index (χ1) is 13.5. The summed E-state index contributed by atoms with van der Waals surface area (Å²) in [6, 6.07) is 8.49. The van der Waals surface area contributed by atoms with Gasteiger partial charge in [-0.25, -0.2) is 0 Å². The van der Waals surface area contributed by atoms with Gasteiger partial charge in [-0.15, -0.1) is 0 Å². The molecular formula is C22H26N2O4. The van der Waals surface area contributed by atoms with Crippen LogP contribution in [0.15, 0.2) is 35.9 Å². The Morgan fingerprint density at radius 1 is 1.43 bits per heavy atom. The number of aliphatic hydroxyl groups is 1. The van der Waals surface area contributed by atoms with Crippen molar-refractivity contribution in [2.24, 2.45) is 11.3 Å². The van der Waals surface area contributed by atoms with Gasteiger partial charge in [-0.2, -0.15) is 0 Å². The Hall–Kier alpha value is -1.89. The van der Waals surface area contributed by atoms with Crippen molar-refractivity contribution in [1.82, 2.24) is 4.90 Å². The van der Waals surface area contributed by atoms with E-state index in [1.807, 2.05) is 19.1 Å². The lowest BCUT2D eigenvalue weighted by molar-refractivity contribution is -0.194. The molecule has 1 aromatic carbocycles. The number of piperidine rings is 2. The Labute approximate surface area is 164 Å². The van der Waals surface area contributed by atoms with E-state index in [0.29, 0.717) is 6.42 Å². The van der Waals surface area contributed by atoms with Crippen molar-refractivity contribution in [2.75, 3.05) is 32.2 Å². The number of rotatable bonds is 2. The van der Waals surface area contributed by atoms with Gasteiger partial charge in [0.1, 0.15) is 11.6 Å². The first-order valence-corrected chi connectivity index (χ1v) is 10.1. The molecule has 1 saturated carbocycles. The third kappa shape index (κ3) is 1.34. The van der Waals surface area contributed by atoms with Gasteiger partial charge in [-0.05, 0) is 25.0 Å². The van der Waals surface area contributed by atoms with Crippen LogP contribution in [0.25, 0.3) is 0 Å². The first-order valence-electron chi connectivity index (χ1n) is 10.1. The first kappa shape index (κ1) is 17.0. The second-order valence-corrected chi connectivity index (χ2v) is 8.92. The number of ether oxygens (including phenoxy) is 2. The molecular weight excluding hydrogens is 356 g/mol. The average molecular weight is 382 g/mol. The van der Waals surface area contributed by atoms with E-state index in [2.05, 4.69) is 35.1 Å². The van der Waals surface area contributed by atoms with E-state index >= 15 is 0 Å². The Morgan fingerprint density at radius 3 is 2.93 bits per heavy atom. The van der Waals surface area contributed by atoms with Crippen molar-refractivity contribution in [2.45, 2.75) is 43.2 Å². The highest BCUT2D eigenvalue weighted by atomic mass is 16.6. The van der Waals surface area contributed by atoms with E-state index in [9.17, 15) is 9.90 Å². The molecule has 1 spiro atoms. The molecule has 1 aliphatic carbocycles. The zero-order valence-corrected chi connectivity index (χ0v) is 16.5. The number of likely N-dealkylation sites (N-methyl/N-ethyl adjacent to an activating group) is 1. The molecule has 0 radical (unpaired) electrons. The Bertz CT molecular complexity index is 931. The number of esters is 1. The van der Waals surface area contributed by atoms with Gasteiger partial charge in [-0.3, -0.25) is 9.69 Å². The molecule has 4 heterocycles. The predicted octanol–water partition coefficient (Wildman–Crippen LogP) is 1.63. The minimum atomic E-state index is -1.05. The number of methoxy groups -OCH3 is 1. The third-order valence-corrected chi connectivity index (χ3v) is 8.65. The second-order valence-electron chi connectivity index (χ2n) is 8.92. The summed E-state index contributed by atoms with van der Waals surface area (Å²) in [5.41, 5.74) is 1.10. The number of para-hydroxylation sites is 1. The zero-order valence-electron chi connectivity index (χ0n) is 16.5. The topological polar surface area (TPSA) is 62.2 Å². The number of fused-ring (bicyclic) bond motifs is 4. The summed E-state index contributed by atoms with van der Waals surface area (Å²) < 4.78 is 12.2. The summed E-state index contributed by atoms with van der Waals surface area (Å²) in [5, 5.41) is 11.0. The van der Waals surface area contributed by atoms with Crippen LogP contribution in [0.5, 0.6) is 0 Å². The van der Waals surface area contributed by atoms with Crippen LogP contribution < -0.4 is 4.90 Å². The highest BCUT2D eigenvalue weighted by Crippen LogP contribution is 2.77. The molecule has 28 heavy (non-hydrogen) atoms. The molecule has 4 fully saturated rings. The van der Waals surface area contributed by atoms with E-state index < -0.39 is 16.6 Å². The molecule has 1 N–H and O–H groups in total. The molecule has 0 aromatic heterocycles. The number of aliphatic hydroxyl groups excluding tert-OH is 1. The summed E-state index contributed by atoms with van der Waals surface area (Å²) >= 11 is 0. The van der Waals surface area contributed by atoms with Gasteiger partial charge in [0.25, 0.3) is 0 Å². The van der Waals surface area contributed by atoms with Gasteiger partial charge in [-0.1, -0.05) is 29.8 Å². The van der Waals surface area contributed by atoms with Crippen LogP contribution >= 0.6 is 0 Å². The molecule has 3 saturated heterocycles. The lowest BCUT2D eigenvalue weighted by Crippen LogP contribution is -2.79. The lowest BCUT2D eigenvalue weighted by atomic mass is 9.42. The number of hydrogen-bond donors (Lipinski definition) is 1. The molecule has 6 heteroatoms. The van der Waals surface area contributed by atoms with Crippen molar-refractivity contribution in [3.05, 3.63) is 41.5 Å². The molecule has 6 rings (SSSR count). The molecule has 5 aliphatic rings. The molecule has 4 aliphatic heterocycles. The highest BCUT2D eigenvalue weighted by molar-refractivity contribution is 5.86. The minimum absolute atomic E-state index is 0.0485. The molecule has 6 atom stereocenters. The number of carbonyl (C=O) groups is 1. The van der Waals surface area contributed by atoms with Gasteiger partial charge < -0.3 is 19.5 Å². The summed E-state index contributed by atoms with van der Waals surface area (Å²) in [7, 11) is 3.52. The van der Waals surface area contributed by atoms with E-state index in [0.717, 1.165) is 24.2 Å². The summed E-state index contributed by atoms with van der Waals surface area (Å²) in [4.78, 5) is 18.3. The minimum Gasteiger partial charge on any atom is -0.468 e. The molecule has 148 valence electrons. The quantitative estimate of drug-likeness (QED) is 0.620. The fraction of sp³-hybridized carbons (Fsp3) is 0.591. The number of carbonyl (C=O) groups excluding carboxylic acids is 1. The lowest BCUT2D eigenvalue weighted by Gasteiger charge is -2.65. The number of allylic oxidation sites excluding steroid dienone is 1. The maximum absolute atomic E-state index is 13.6. The van der Waals surface area contributed by atoms with Crippen LogP contribution in [0, 0.1) is 11.3 Å². The third-order valence-electron chi connectivity index (χ3n) is 8.65. The number of hydrogen-bond acceptors (Lipinski definition) is 6. The SMILES string of the molecule is CC=C1CN2C3CC45c6ccccc6N(C)C4(O3)C2CC1C5(CO)C(=O)OC. The maximum Gasteiger partial charge on any atom is 0.315 e. The van der Waals surface area contributed by atoms with E-state index in [1.54, 1.807) is 0 Å². The molecule has 6 unspecified atom stereocenters. The van der Waals surface area contributed by atoms with Gasteiger partial charge in [0, 0.05) is 31.6 Å². The van der Waals surface area contributed by atoms with Gasteiger partial charge in [0.2, 0.25) is 0 Å². The largest absolute Gasteiger partial charge is 0.468 e. The monoisotopic (exact) mass is 382 g/mol. The Balaban J connectivity index is 1.76. The summed E-state index contributed by atoms with van der Waals surface area (Å²) in [6.45, 7) is 2.58. The normalized spacial score (nSPS) is 46.2. The van der Waals surface area contributed by atoms with Crippen LogP contribution in [-0.2, 0) is 19.7 Å². The smallest absolute Gasteiger partial charge is 0.315 e. The number of nitrogens with zero attached hydrogens (tertiary/aromatic N) is 2. The van der Waals surface area contributed by atoms with E-state index in [4.69, 9.17) is 9.47 Å². The zero-order chi connectivity index (χ0) is 19.5.